The highest BCUT2D eigenvalue weighted by molar-refractivity contribution is 9.10. The first-order valence-electron chi connectivity index (χ1n) is 6.37. The summed E-state index contributed by atoms with van der Waals surface area (Å²) < 4.78 is 12.0. The molecule has 0 bridgehead atoms. The zero-order valence-electron chi connectivity index (χ0n) is 11.1. The number of carbonyl (C=O) groups is 1. The molecule has 2 atom stereocenters. The van der Waals surface area contributed by atoms with Gasteiger partial charge in [0.15, 0.2) is 0 Å². The number of esters is 1. The summed E-state index contributed by atoms with van der Waals surface area (Å²) in [5, 5.41) is 0. The van der Waals surface area contributed by atoms with E-state index in [4.69, 9.17) is 15.2 Å². The fourth-order valence-electron chi connectivity index (χ4n) is 2.36. The van der Waals surface area contributed by atoms with Crippen molar-refractivity contribution in [1.29, 1.82) is 0 Å². The maximum Gasteiger partial charge on any atom is 0.340 e. The van der Waals surface area contributed by atoms with E-state index in [0.717, 1.165) is 17.3 Å². The Balaban J connectivity index is 2.06. The van der Waals surface area contributed by atoms with Crippen molar-refractivity contribution in [2.24, 2.45) is 0 Å². The van der Waals surface area contributed by atoms with E-state index in [0.29, 0.717) is 11.3 Å². The van der Waals surface area contributed by atoms with Crippen molar-refractivity contribution in [3.63, 3.8) is 0 Å². The number of benzene rings is 1. The van der Waals surface area contributed by atoms with Crippen LogP contribution < -0.4 is 5.73 Å². The van der Waals surface area contributed by atoms with Gasteiger partial charge in [0, 0.05) is 23.0 Å². The van der Waals surface area contributed by atoms with Gasteiger partial charge in [-0.2, -0.15) is 0 Å². The first kappa shape index (κ1) is 14.3. The summed E-state index contributed by atoms with van der Waals surface area (Å²) in [6.07, 6.45) is 1.57. The van der Waals surface area contributed by atoms with Crippen LogP contribution in [0.25, 0.3) is 0 Å². The van der Waals surface area contributed by atoms with Crippen LogP contribution >= 0.6 is 15.9 Å². The third-order valence-electron chi connectivity index (χ3n) is 3.16. The summed E-state index contributed by atoms with van der Waals surface area (Å²) in [6, 6.07) is 5.17. The van der Waals surface area contributed by atoms with Crippen LogP contribution in [-0.2, 0) is 9.47 Å². The largest absolute Gasteiger partial charge is 0.459 e. The average Bonchev–Trinajstić information content (AvgIpc) is 2.30. The minimum absolute atomic E-state index is 0.107. The van der Waals surface area contributed by atoms with Crippen LogP contribution in [-0.4, -0.2) is 24.3 Å². The number of ether oxygens (including phenoxy) is 2. The number of hydrogen-bond acceptors (Lipinski definition) is 4. The van der Waals surface area contributed by atoms with E-state index in [-0.39, 0.29) is 24.3 Å². The minimum atomic E-state index is -0.370. The van der Waals surface area contributed by atoms with E-state index < -0.39 is 0 Å². The Kier molecular flexibility index (Phi) is 4.47. The number of anilines is 1. The Labute approximate surface area is 121 Å². The van der Waals surface area contributed by atoms with Crippen LogP contribution in [0.2, 0.25) is 0 Å². The highest BCUT2D eigenvalue weighted by Crippen LogP contribution is 2.25. The molecule has 1 fully saturated rings. The van der Waals surface area contributed by atoms with Gasteiger partial charge in [0.2, 0.25) is 0 Å². The van der Waals surface area contributed by atoms with E-state index in [9.17, 15) is 4.79 Å². The van der Waals surface area contributed by atoms with Crippen molar-refractivity contribution in [1.82, 2.24) is 0 Å². The molecular weight excluding hydrogens is 310 g/mol. The van der Waals surface area contributed by atoms with Gasteiger partial charge in [-0.05, 0) is 32.0 Å². The third kappa shape index (κ3) is 3.70. The zero-order valence-corrected chi connectivity index (χ0v) is 12.6. The molecule has 1 aromatic rings. The molecule has 1 aromatic carbocycles. The second kappa shape index (κ2) is 5.92. The molecule has 19 heavy (non-hydrogen) atoms. The lowest BCUT2D eigenvalue weighted by atomic mass is 10.0. The van der Waals surface area contributed by atoms with E-state index >= 15 is 0 Å². The van der Waals surface area contributed by atoms with Crippen molar-refractivity contribution in [3.8, 4) is 0 Å². The first-order valence-corrected chi connectivity index (χ1v) is 7.16. The summed E-state index contributed by atoms with van der Waals surface area (Å²) in [5.74, 6) is -0.370. The number of halogens is 1. The second-order valence-electron chi connectivity index (χ2n) is 4.99. The van der Waals surface area contributed by atoms with Crippen LogP contribution in [0.3, 0.4) is 0 Å². The standard InChI is InChI=1S/C14H18BrNO3/c1-8-5-11(6-9(2)18-8)19-14(17)12-7-10(15)3-4-13(12)16/h3-4,7-9,11H,5-6,16H2,1-2H3. The summed E-state index contributed by atoms with van der Waals surface area (Å²) in [5.41, 5.74) is 6.64. The Hall–Kier alpha value is -1.07. The lowest BCUT2D eigenvalue weighted by molar-refractivity contribution is -0.0855. The van der Waals surface area contributed by atoms with E-state index in [1.165, 1.54) is 0 Å². The molecule has 0 amide bonds. The molecular formula is C14H18BrNO3. The topological polar surface area (TPSA) is 61.5 Å². The molecule has 0 spiro atoms. The van der Waals surface area contributed by atoms with E-state index in [1.807, 2.05) is 13.8 Å². The maximum absolute atomic E-state index is 12.1. The molecule has 2 rings (SSSR count). The molecule has 1 saturated heterocycles. The van der Waals surface area contributed by atoms with Crippen molar-refractivity contribution < 1.29 is 14.3 Å². The number of carbonyl (C=O) groups excluding carboxylic acids is 1. The van der Waals surface area contributed by atoms with Crippen LogP contribution in [0.1, 0.15) is 37.0 Å². The molecule has 0 saturated carbocycles. The summed E-state index contributed by atoms with van der Waals surface area (Å²) >= 11 is 3.33. The molecule has 104 valence electrons. The highest BCUT2D eigenvalue weighted by Gasteiger charge is 2.28. The molecule has 0 aromatic heterocycles. The van der Waals surface area contributed by atoms with E-state index in [2.05, 4.69) is 15.9 Å². The Morgan fingerprint density at radius 1 is 1.37 bits per heavy atom. The number of rotatable bonds is 2. The molecule has 2 unspecified atom stereocenters. The van der Waals surface area contributed by atoms with Crippen LogP contribution in [0.15, 0.2) is 22.7 Å². The van der Waals surface area contributed by atoms with Gasteiger partial charge in [-0.15, -0.1) is 0 Å². The predicted octanol–water partition coefficient (Wildman–Crippen LogP) is 3.14. The first-order chi connectivity index (χ1) is 8.95. The molecule has 1 aliphatic heterocycles. The average molecular weight is 328 g/mol. The van der Waals surface area contributed by atoms with Gasteiger partial charge in [0.1, 0.15) is 6.10 Å². The van der Waals surface area contributed by atoms with Gasteiger partial charge in [-0.1, -0.05) is 15.9 Å². The SMILES string of the molecule is CC1CC(OC(=O)c2cc(Br)ccc2N)CC(C)O1. The Morgan fingerprint density at radius 2 is 2.00 bits per heavy atom. The Morgan fingerprint density at radius 3 is 2.63 bits per heavy atom. The Bertz CT molecular complexity index is 468. The summed E-state index contributed by atoms with van der Waals surface area (Å²) in [6.45, 7) is 3.98. The van der Waals surface area contributed by atoms with Gasteiger partial charge in [0.25, 0.3) is 0 Å². The van der Waals surface area contributed by atoms with Crippen molar-refractivity contribution in [3.05, 3.63) is 28.2 Å². The minimum Gasteiger partial charge on any atom is -0.459 e. The molecule has 5 heteroatoms. The van der Waals surface area contributed by atoms with Crippen LogP contribution in [0, 0.1) is 0 Å². The molecule has 0 aliphatic carbocycles. The fraction of sp³-hybridized carbons (Fsp3) is 0.500. The van der Waals surface area contributed by atoms with Gasteiger partial charge in [-0.3, -0.25) is 0 Å². The zero-order chi connectivity index (χ0) is 14.0. The maximum atomic E-state index is 12.1. The van der Waals surface area contributed by atoms with Gasteiger partial charge >= 0.3 is 5.97 Å². The second-order valence-corrected chi connectivity index (χ2v) is 5.90. The quantitative estimate of drug-likeness (QED) is 0.669. The lowest BCUT2D eigenvalue weighted by Gasteiger charge is -2.31. The van der Waals surface area contributed by atoms with Crippen molar-refractivity contribution in [2.45, 2.75) is 45.0 Å². The van der Waals surface area contributed by atoms with Crippen molar-refractivity contribution >= 4 is 27.6 Å². The van der Waals surface area contributed by atoms with Crippen molar-refractivity contribution in [2.75, 3.05) is 5.73 Å². The molecule has 0 radical (unpaired) electrons. The van der Waals surface area contributed by atoms with E-state index in [1.54, 1.807) is 18.2 Å². The number of nitrogens with two attached hydrogens (primary N) is 1. The molecule has 4 nitrogen and oxygen atoms in total. The predicted molar refractivity (Wildman–Crippen MR) is 77.0 cm³/mol. The summed E-state index contributed by atoms with van der Waals surface area (Å²) in [7, 11) is 0. The van der Waals surface area contributed by atoms with Crippen LogP contribution in [0.5, 0.6) is 0 Å². The third-order valence-corrected chi connectivity index (χ3v) is 3.66. The normalized spacial score (nSPS) is 27.0. The monoisotopic (exact) mass is 327 g/mol. The lowest BCUT2D eigenvalue weighted by Crippen LogP contribution is -2.35. The highest BCUT2D eigenvalue weighted by atomic mass is 79.9. The van der Waals surface area contributed by atoms with Crippen LogP contribution in [0.4, 0.5) is 5.69 Å². The summed E-state index contributed by atoms with van der Waals surface area (Å²) in [4.78, 5) is 12.1. The molecule has 1 heterocycles. The number of hydrogen-bond donors (Lipinski definition) is 1. The van der Waals surface area contributed by atoms with Gasteiger partial charge in [-0.25, -0.2) is 4.79 Å². The smallest absolute Gasteiger partial charge is 0.340 e. The van der Waals surface area contributed by atoms with Gasteiger partial charge < -0.3 is 15.2 Å². The number of nitrogen functional groups attached to an aromatic ring is 1. The fourth-order valence-corrected chi connectivity index (χ4v) is 2.72. The molecule has 2 N–H and O–H groups in total. The molecule has 1 aliphatic rings. The van der Waals surface area contributed by atoms with Gasteiger partial charge in [0.05, 0.1) is 17.8 Å².